The van der Waals surface area contributed by atoms with E-state index in [0.29, 0.717) is 12.0 Å². The van der Waals surface area contributed by atoms with E-state index in [2.05, 4.69) is 119 Å². The molecule has 0 bridgehead atoms. The second-order valence-corrected chi connectivity index (χ2v) is 10.3. The normalized spacial score (nSPS) is 18.4. The van der Waals surface area contributed by atoms with Crippen LogP contribution in [0.5, 0.6) is 0 Å². The predicted octanol–water partition coefficient (Wildman–Crippen LogP) is 5.31. The molecule has 0 radical (unpaired) electrons. The van der Waals surface area contributed by atoms with E-state index in [4.69, 9.17) is 0 Å². The van der Waals surface area contributed by atoms with E-state index < -0.39 is 7.92 Å². The van der Waals surface area contributed by atoms with Gasteiger partial charge in [-0.05, 0) is 58.6 Å². The lowest BCUT2D eigenvalue weighted by Crippen LogP contribution is -2.47. The first-order valence-electron chi connectivity index (χ1n) is 9.41. The van der Waals surface area contributed by atoms with E-state index in [1.165, 1.54) is 10.6 Å². The smallest absolute Gasteiger partial charge is 0.0185 e. The lowest BCUT2D eigenvalue weighted by molar-refractivity contribution is 0.111. The van der Waals surface area contributed by atoms with Gasteiger partial charge in [-0.25, -0.2) is 0 Å². The third kappa shape index (κ3) is 4.00. The molecule has 0 saturated carbocycles. The Balaban J connectivity index is 1.99. The second-order valence-electron chi connectivity index (χ2n) is 8.03. The van der Waals surface area contributed by atoms with Crippen molar-refractivity contribution in [3.8, 4) is 0 Å². The van der Waals surface area contributed by atoms with Crippen LogP contribution in [0.3, 0.4) is 0 Å². The molecule has 2 aromatic carbocycles. The van der Waals surface area contributed by atoms with Gasteiger partial charge in [-0.2, -0.15) is 0 Å². The highest BCUT2D eigenvalue weighted by atomic mass is 31.1. The molecule has 2 heteroatoms. The first-order chi connectivity index (χ1) is 12.4. The first kappa shape index (κ1) is 19.1. The highest BCUT2D eigenvalue weighted by molar-refractivity contribution is 7.76. The van der Waals surface area contributed by atoms with Crippen LogP contribution in [0.15, 0.2) is 84.2 Å². The zero-order valence-electron chi connectivity index (χ0n) is 16.6. The minimum Gasteiger partial charge on any atom is -0.298 e. The van der Waals surface area contributed by atoms with Crippen LogP contribution in [0.2, 0.25) is 0 Å². The van der Waals surface area contributed by atoms with Gasteiger partial charge in [0.05, 0.1) is 0 Å². The number of benzene rings is 2. The topological polar surface area (TPSA) is 3.24 Å². The molecule has 0 aliphatic heterocycles. The average Bonchev–Trinajstić information content (AvgIpc) is 3.11. The number of nitrogens with zero attached hydrogens (tertiary/aromatic N) is 1. The van der Waals surface area contributed by atoms with Crippen LogP contribution in [0.4, 0.5) is 0 Å². The lowest BCUT2D eigenvalue weighted by Gasteiger charge is -2.41. The van der Waals surface area contributed by atoms with Crippen LogP contribution in [0, 0.1) is 5.92 Å². The van der Waals surface area contributed by atoms with Crippen molar-refractivity contribution in [3.05, 3.63) is 84.2 Å². The van der Waals surface area contributed by atoms with Crippen LogP contribution in [-0.4, -0.2) is 23.5 Å². The number of hydrogen-bond acceptors (Lipinski definition) is 1. The standard InChI is InChI=1S/C24H30NP/c1-19(25(5)24(2,3)4)22-17-12-18-23(22)26(20-13-8-6-9-14-20)21-15-10-7-11-16-21/h6-19,22H,1-5H3/t19-,22?/m1/s1. The summed E-state index contributed by atoms with van der Waals surface area (Å²) in [6.45, 7) is 9.25. The molecular formula is C24H30NP. The van der Waals surface area contributed by atoms with E-state index in [-0.39, 0.29) is 5.54 Å². The van der Waals surface area contributed by atoms with Crippen LogP contribution in [-0.2, 0) is 0 Å². The van der Waals surface area contributed by atoms with Gasteiger partial charge in [0.2, 0.25) is 0 Å². The molecule has 0 saturated heterocycles. The molecule has 2 aromatic rings. The van der Waals surface area contributed by atoms with Crippen LogP contribution < -0.4 is 10.6 Å². The van der Waals surface area contributed by atoms with Crippen molar-refractivity contribution < 1.29 is 0 Å². The second kappa shape index (κ2) is 7.91. The Kier molecular flexibility index (Phi) is 5.80. The average molecular weight is 363 g/mol. The largest absolute Gasteiger partial charge is 0.298 e. The summed E-state index contributed by atoms with van der Waals surface area (Å²) in [6.07, 6.45) is 7.01. The van der Waals surface area contributed by atoms with Gasteiger partial charge >= 0.3 is 0 Å². The maximum absolute atomic E-state index is 2.50. The Morgan fingerprint density at radius 2 is 1.38 bits per heavy atom. The maximum atomic E-state index is 2.50. The third-order valence-corrected chi connectivity index (χ3v) is 8.00. The minimum atomic E-state index is -0.512. The van der Waals surface area contributed by atoms with E-state index in [1.807, 2.05) is 0 Å². The molecule has 0 heterocycles. The summed E-state index contributed by atoms with van der Waals surface area (Å²) in [5.74, 6) is 0.450. The van der Waals surface area contributed by atoms with Gasteiger partial charge < -0.3 is 0 Å². The summed E-state index contributed by atoms with van der Waals surface area (Å²) in [6, 6.07) is 22.5. The van der Waals surface area contributed by atoms with Crippen LogP contribution in [0.1, 0.15) is 27.7 Å². The summed E-state index contributed by atoms with van der Waals surface area (Å²) < 4.78 is 0. The summed E-state index contributed by atoms with van der Waals surface area (Å²) in [7, 11) is 1.74. The Morgan fingerprint density at radius 3 is 1.85 bits per heavy atom. The molecule has 1 nitrogen and oxygen atoms in total. The van der Waals surface area contributed by atoms with Crippen molar-refractivity contribution in [1.29, 1.82) is 0 Å². The van der Waals surface area contributed by atoms with Gasteiger partial charge in [-0.3, -0.25) is 4.90 Å². The molecule has 1 aliphatic rings. The van der Waals surface area contributed by atoms with Gasteiger partial charge in [0.1, 0.15) is 0 Å². The molecule has 2 atom stereocenters. The fourth-order valence-corrected chi connectivity index (χ4v) is 6.24. The zero-order chi connectivity index (χ0) is 18.7. The molecule has 26 heavy (non-hydrogen) atoms. The van der Waals surface area contributed by atoms with Crippen LogP contribution >= 0.6 is 7.92 Å². The molecular weight excluding hydrogens is 333 g/mol. The van der Waals surface area contributed by atoms with E-state index >= 15 is 0 Å². The molecule has 0 amide bonds. The predicted molar refractivity (Wildman–Crippen MR) is 117 cm³/mol. The van der Waals surface area contributed by atoms with Crippen molar-refractivity contribution in [1.82, 2.24) is 4.90 Å². The van der Waals surface area contributed by atoms with Crippen molar-refractivity contribution in [2.75, 3.05) is 7.05 Å². The Labute approximate surface area is 160 Å². The molecule has 0 aromatic heterocycles. The van der Waals surface area contributed by atoms with Gasteiger partial charge in [-0.1, -0.05) is 78.9 Å². The molecule has 136 valence electrons. The van der Waals surface area contributed by atoms with Gasteiger partial charge in [0, 0.05) is 17.5 Å². The fraction of sp³-hybridized carbons (Fsp3) is 0.333. The lowest BCUT2D eigenvalue weighted by atomic mass is 9.96. The Bertz CT molecular complexity index is 731. The van der Waals surface area contributed by atoms with Gasteiger partial charge in [0.15, 0.2) is 0 Å². The minimum absolute atomic E-state index is 0.156. The highest BCUT2D eigenvalue weighted by Gasteiger charge is 2.34. The van der Waals surface area contributed by atoms with Crippen LogP contribution in [0.25, 0.3) is 0 Å². The summed E-state index contributed by atoms with van der Waals surface area (Å²) >= 11 is 0. The van der Waals surface area contributed by atoms with Crippen molar-refractivity contribution >= 4 is 18.5 Å². The van der Waals surface area contributed by atoms with Crippen molar-refractivity contribution in [2.24, 2.45) is 5.92 Å². The zero-order valence-corrected chi connectivity index (χ0v) is 17.4. The van der Waals surface area contributed by atoms with Crippen molar-refractivity contribution in [2.45, 2.75) is 39.3 Å². The summed E-state index contributed by atoms with van der Waals surface area (Å²) in [5, 5.41) is 4.42. The van der Waals surface area contributed by atoms with E-state index in [0.717, 1.165) is 0 Å². The number of rotatable bonds is 5. The molecule has 0 N–H and O–H groups in total. The molecule has 1 unspecified atom stereocenters. The Morgan fingerprint density at radius 1 is 0.885 bits per heavy atom. The van der Waals surface area contributed by atoms with Gasteiger partial charge in [0.25, 0.3) is 0 Å². The molecule has 3 rings (SSSR count). The molecule has 0 spiro atoms. The quantitative estimate of drug-likeness (QED) is 0.651. The third-order valence-electron chi connectivity index (χ3n) is 5.40. The highest BCUT2D eigenvalue weighted by Crippen LogP contribution is 2.50. The number of hydrogen-bond donors (Lipinski definition) is 0. The van der Waals surface area contributed by atoms with Crippen molar-refractivity contribution in [3.63, 3.8) is 0 Å². The number of allylic oxidation sites excluding steroid dienone is 2. The molecule has 0 fully saturated rings. The fourth-order valence-electron chi connectivity index (χ4n) is 3.57. The monoisotopic (exact) mass is 363 g/mol. The maximum Gasteiger partial charge on any atom is 0.0185 e. The van der Waals surface area contributed by atoms with E-state index in [9.17, 15) is 0 Å². The molecule has 1 aliphatic carbocycles. The summed E-state index contributed by atoms with van der Waals surface area (Å²) in [4.78, 5) is 2.50. The van der Waals surface area contributed by atoms with Gasteiger partial charge in [-0.15, -0.1) is 0 Å². The first-order valence-corrected chi connectivity index (χ1v) is 10.8. The Hall–Kier alpha value is -1.69. The summed E-state index contributed by atoms with van der Waals surface area (Å²) in [5.41, 5.74) is 0.156. The van der Waals surface area contributed by atoms with E-state index in [1.54, 1.807) is 5.31 Å². The SMILES string of the molecule is C[C@H](C1C=CC=C1P(c1ccccc1)c1ccccc1)N(C)C(C)(C)C.